The van der Waals surface area contributed by atoms with E-state index in [1.165, 1.54) is 22.6 Å². The highest BCUT2D eigenvalue weighted by Gasteiger charge is 2.20. The summed E-state index contributed by atoms with van der Waals surface area (Å²) < 4.78 is 5.95. The van der Waals surface area contributed by atoms with Crippen LogP contribution in [0.2, 0.25) is 0 Å². The third-order valence-corrected chi connectivity index (χ3v) is 4.69. The van der Waals surface area contributed by atoms with Crippen LogP contribution in [0, 0.1) is 6.92 Å². The van der Waals surface area contributed by atoms with E-state index in [4.69, 9.17) is 4.74 Å². The van der Waals surface area contributed by atoms with Gasteiger partial charge in [-0.25, -0.2) is 0 Å². The van der Waals surface area contributed by atoms with Crippen LogP contribution in [-0.4, -0.2) is 11.0 Å². The van der Waals surface area contributed by atoms with Crippen LogP contribution in [0.5, 0.6) is 5.75 Å². The smallest absolute Gasteiger partial charge is 0.141 e. The minimum absolute atomic E-state index is 0.631. The Morgan fingerprint density at radius 2 is 2.05 bits per heavy atom. The summed E-state index contributed by atoms with van der Waals surface area (Å²) in [5, 5.41) is 3.54. The Morgan fingerprint density at radius 3 is 2.81 bits per heavy atom. The molecule has 0 aliphatic heterocycles. The number of aromatic nitrogens is 1. The average molecular weight is 302 g/mol. The van der Waals surface area contributed by atoms with Crippen molar-refractivity contribution in [3.63, 3.8) is 0 Å². The van der Waals surface area contributed by atoms with Crippen molar-refractivity contribution in [3.05, 3.63) is 45.4 Å². The van der Waals surface area contributed by atoms with Crippen LogP contribution in [0.1, 0.15) is 40.9 Å². The van der Waals surface area contributed by atoms with Gasteiger partial charge in [-0.3, -0.25) is 4.98 Å². The van der Waals surface area contributed by atoms with Crippen LogP contribution in [0.25, 0.3) is 0 Å². The highest BCUT2D eigenvalue weighted by molar-refractivity contribution is 7.11. The van der Waals surface area contributed by atoms with Gasteiger partial charge in [0.05, 0.1) is 5.69 Å². The van der Waals surface area contributed by atoms with Gasteiger partial charge in [-0.05, 0) is 50.5 Å². The van der Waals surface area contributed by atoms with Crippen molar-refractivity contribution in [1.82, 2.24) is 10.3 Å². The van der Waals surface area contributed by atoms with Gasteiger partial charge in [0.2, 0.25) is 0 Å². The number of thiophene rings is 1. The van der Waals surface area contributed by atoms with E-state index >= 15 is 0 Å². The number of hydrogen-bond donors (Lipinski definition) is 1. The summed E-state index contributed by atoms with van der Waals surface area (Å²) in [6.45, 7) is 5.75. The second kappa shape index (κ2) is 6.58. The predicted octanol–water partition coefficient (Wildman–Crippen LogP) is 3.84. The first-order chi connectivity index (χ1) is 10.2. The number of pyridine rings is 1. The molecule has 112 valence electrons. The molecule has 1 N–H and O–H groups in total. The number of hydrogen-bond acceptors (Lipinski definition) is 4. The predicted molar refractivity (Wildman–Crippen MR) is 86.9 cm³/mol. The molecule has 1 saturated carbocycles. The van der Waals surface area contributed by atoms with Crippen molar-refractivity contribution in [1.29, 1.82) is 0 Å². The summed E-state index contributed by atoms with van der Waals surface area (Å²) >= 11 is 1.83. The number of aryl methyl sites for hydroxylation is 2. The van der Waals surface area contributed by atoms with Crippen LogP contribution in [-0.2, 0) is 19.6 Å². The van der Waals surface area contributed by atoms with E-state index < -0.39 is 0 Å². The van der Waals surface area contributed by atoms with Crippen molar-refractivity contribution in [2.45, 2.75) is 52.3 Å². The lowest BCUT2D eigenvalue weighted by molar-refractivity contribution is 0.305. The van der Waals surface area contributed by atoms with Crippen LogP contribution >= 0.6 is 11.3 Å². The Labute approximate surface area is 130 Å². The molecule has 0 radical (unpaired) electrons. The topological polar surface area (TPSA) is 34.1 Å². The highest BCUT2D eigenvalue weighted by atomic mass is 32.1. The lowest BCUT2D eigenvalue weighted by Gasteiger charge is -2.09. The van der Waals surface area contributed by atoms with E-state index in [1.54, 1.807) is 0 Å². The zero-order chi connectivity index (χ0) is 14.7. The minimum Gasteiger partial charge on any atom is -0.486 e. The zero-order valence-electron chi connectivity index (χ0n) is 12.7. The number of nitrogens with one attached hydrogen (secondary N) is 1. The number of ether oxygens (including phenoxy) is 1. The summed E-state index contributed by atoms with van der Waals surface area (Å²) in [5.41, 5.74) is 2.09. The Balaban J connectivity index is 1.56. The SMILES string of the molecule is CCc1nc(C)ccc1OCc1ccc(CNC2CC2)s1. The van der Waals surface area contributed by atoms with E-state index in [1.807, 2.05) is 30.4 Å². The summed E-state index contributed by atoms with van der Waals surface area (Å²) in [4.78, 5) is 7.19. The van der Waals surface area contributed by atoms with Gasteiger partial charge in [0.15, 0.2) is 0 Å². The first kappa shape index (κ1) is 14.5. The van der Waals surface area contributed by atoms with Crippen LogP contribution in [0.15, 0.2) is 24.3 Å². The molecular formula is C17H22N2OS. The largest absolute Gasteiger partial charge is 0.486 e. The molecule has 2 aromatic rings. The van der Waals surface area contributed by atoms with E-state index in [-0.39, 0.29) is 0 Å². The van der Waals surface area contributed by atoms with Gasteiger partial charge >= 0.3 is 0 Å². The summed E-state index contributed by atoms with van der Waals surface area (Å²) in [7, 11) is 0. The molecule has 1 aliphatic rings. The van der Waals surface area contributed by atoms with Crippen molar-refractivity contribution in [2.75, 3.05) is 0 Å². The van der Waals surface area contributed by atoms with Crippen molar-refractivity contribution >= 4 is 11.3 Å². The van der Waals surface area contributed by atoms with Crippen LogP contribution < -0.4 is 10.1 Å². The molecular weight excluding hydrogens is 280 g/mol. The first-order valence-corrected chi connectivity index (χ1v) is 8.46. The third-order valence-electron chi connectivity index (χ3n) is 3.64. The molecule has 3 rings (SSSR count). The molecule has 4 heteroatoms. The molecule has 1 fully saturated rings. The molecule has 21 heavy (non-hydrogen) atoms. The molecule has 3 nitrogen and oxygen atoms in total. The number of nitrogens with zero attached hydrogens (tertiary/aromatic N) is 1. The van der Waals surface area contributed by atoms with Crippen molar-refractivity contribution in [3.8, 4) is 5.75 Å². The zero-order valence-corrected chi connectivity index (χ0v) is 13.5. The second-order valence-electron chi connectivity index (χ2n) is 5.56. The fourth-order valence-corrected chi connectivity index (χ4v) is 3.14. The lowest BCUT2D eigenvalue weighted by Crippen LogP contribution is -2.14. The molecule has 0 spiro atoms. The van der Waals surface area contributed by atoms with Gasteiger partial charge in [-0.1, -0.05) is 6.92 Å². The lowest BCUT2D eigenvalue weighted by atomic mass is 10.2. The van der Waals surface area contributed by atoms with Crippen LogP contribution in [0.4, 0.5) is 0 Å². The van der Waals surface area contributed by atoms with Gasteiger partial charge in [-0.15, -0.1) is 11.3 Å². The standard InChI is InChI=1S/C17H22N2OS/c1-3-16-17(9-4-12(2)19-16)20-11-15-8-7-14(21-15)10-18-13-5-6-13/h4,7-9,13,18H,3,5-6,10-11H2,1-2H3. The Hall–Kier alpha value is -1.39. The molecule has 0 atom stereocenters. The maximum Gasteiger partial charge on any atom is 0.141 e. The molecule has 0 amide bonds. The Morgan fingerprint density at radius 1 is 1.24 bits per heavy atom. The quantitative estimate of drug-likeness (QED) is 0.843. The minimum atomic E-state index is 0.631. The fraction of sp³-hybridized carbons (Fsp3) is 0.471. The van der Waals surface area contributed by atoms with Gasteiger partial charge in [0.25, 0.3) is 0 Å². The average Bonchev–Trinajstić information content (AvgIpc) is 3.22. The second-order valence-corrected chi connectivity index (χ2v) is 6.82. The monoisotopic (exact) mass is 302 g/mol. The van der Waals surface area contributed by atoms with Crippen LogP contribution in [0.3, 0.4) is 0 Å². The molecule has 0 bridgehead atoms. The van der Waals surface area contributed by atoms with Gasteiger partial charge in [0, 0.05) is 28.0 Å². The van der Waals surface area contributed by atoms with E-state index in [2.05, 4.69) is 29.4 Å². The molecule has 0 aromatic carbocycles. The maximum atomic E-state index is 5.95. The Bertz CT molecular complexity index is 605. The Kier molecular flexibility index (Phi) is 4.56. The molecule has 0 saturated heterocycles. The third kappa shape index (κ3) is 4.05. The first-order valence-electron chi connectivity index (χ1n) is 7.65. The number of rotatable bonds is 7. The summed E-state index contributed by atoms with van der Waals surface area (Å²) in [6, 6.07) is 9.17. The van der Waals surface area contributed by atoms with Gasteiger partial charge in [-0.2, -0.15) is 0 Å². The van der Waals surface area contributed by atoms with Gasteiger partial charge < -0.3 is 10.1 Å². The van der Waals surface area contributed by atoms with Crippen molar-refractivity contribution in [2.24, 2.45) is 0 Å². The van der Waals surface area contributed by atoms with Gasteiger partial charge in [0.1, 0.15) is 12.4 Å². The highest BCUT2D eigenvalue weighted by Crippen LogP contribution is 2.24. The van der Waals surface area contributed by atoms with E-state index in [0.29, 0.717) is 6.61 Å². The van der Waals surface area contributed by atoms with Crippen molar-refractivity contribution < 1.29 is 4.74 Å². The molecule has 2 heterocycles. The van der Waals surface area contributed by atoms with E-state index in [0.717, 1.165) is 36.1 Å². The van der Waals surface area contributed by atoms with E-state index in [9.17, 15) is 0 Å². The fourth-order valence-electron chi connectivity index (χ4n) is 2.26. The molecule has 2 aromatic heterocycles. The molecule has 0 unspecified atom stereocenters. The normalized spacial score (nSPS) is 14.4. The maximum absolute atomic E-state index is 5.95. The molecule has 1 aliphatic carbocycles. The summed E-state index contributed by atoms with van der Waals surface area (Å²) in [5.74, 6) is 0.911. The summed E-state index contributed by atoms with van der Waals surface area (Å²) in [6.07, 6.45) is 3.57.